The number of halogens is 1. The number of nitrogens with zero attached hydrogens (tertiary/aromatic N) is 1. The highest BCUT2D eigenvalue weighted by atomic mass is 32.2. The Kier molecular flexibility index (Phi) is 4.57. The highest BCUT2D eigenvalue weighted by molar-refractivity contribution is 8.00. The summed E-state index contributed by atoms with van der Waals surface area (Å²) in [6, 6.07) is 12.0. The number of nitrogens with one attached hydrogen (secondary N) is 1. The van der Waals surface area contributed by atoms with Gasteiger partial charge in [0.1, 0.15) is 11.2 Å². The van der Waals surface area contributed by atoms with Crippen LogP contribution in [0.3, 0.4) is 0 Å². The summed E-state index contributed by atoms with van der Waals surface area (Å²) in [6.07, 6.45) is 0. The second-order valence-electron chi connectivity index (χ2n) is 5.69. The molecular formula is C18H17FN2O2S. The Hall–Kier alpha value is -2.34. The molecule has 0 aromatic heterocycles. The summed E-state index contributed by atoms with van der Waals surface area (Å²) in [6.45, 7) is 3.30. The third-order valence-corrected chi connectivity index (χ3v) is 4.93. The molecule has 1 heterocycles. The molecular weight excluding hydrogens is 327 g/mol. The van der Waals surface area contributed by atoms with Crippen LogP contribution in [-0.4, -0.2) is 17.6 Å². The Labute approximate surface area is 144 Å². The van der Waals surface area contributed by atoms with E-state index in [2.05, 4.69) is 5.32 Å². The molecule has 2 amide bonds. The van der Waals surface area contributed by atoms with Gasteiger partial charge in [-0.05, 0) is 42.3 Å². The van der Waals surface area contributed by atoms with Crippen molar-refractivity contribution in [3.8, 4) is 0 Å². The van der Waals surface area contributed by atoms with E-state index >= 15 is 0 Å². The molecule has 24 heavy (non-hydrogen) atoms. The first-order valence-corrected chi connectivity index (χ1v) is 8.58. The Balaban J connectivity index is 1.99. The normalized spacial score (nSPS) is 17.2. The fraction of sp³-hybridized carbons (Fsp3) is 0.222. The molecule has 0 saturated carbocycles. The minimum absolute atomic E-state index is 0.126. The van der Waals surface area contributed by atoms with Gasteiger partial charge in [0.15, 0.2) is 0 Å². The van der Waals surface area contributed by atoms with Crippen LogP contribution in [0.1, 0.15) is 23.4 Å². The molecule has 4 nitrogen and oxygen atoms in total. The van der Waals surface area contributed by atoms with Crippen LogP contribution in [0.5, 0.6) is 0 Å². The van der Waals surface area contributed by atoms with Crippen molar-refractivity contribution in [2.24, 2.45) is 0 Å². The van der Waals surface area contributed by atoms with Crippen molar-refractivity contribution in [2.75, 3.05) is 16.0 Å². The van der Waals surface area contributed by atoms with Crippen LogP contribution in [0, 0.1) is 12.7 Å². The SMILES string of the molecule is CC(=O)Nc1cccc([C@@H]2SCC(=O)N2c2cc(C)ccc2F)c1. The highest BCUT2D eigenvalue weighted by Gasteiger charge is 2.35. The molecule has 2 aromatic rings. The van der Waals surface area contributed by atoms with Crippen LogP contribution in [0.2, 0.25) is 0 Å². The van der Waals surface area contributed by atoms with Crippen LogP contribution < -0.4 is 10.2 Å². The van der Waals surface area contributed by atoms with E-state index in [0.29, 0.717) is 17.1 Å². The van der Waals surface area contributed by atoms with Gasteiger partial charge in [0.05, 0.1) is 11.4 Å². The van der Waals surface area contributed by atoms with E-state index < -0.39 is 5.82 Å². The summed E-state index contributed by atoms with van der Waals surface area (Å²) >= 11 is 1.45. The molecule has 0 spiro atoms. The van der Waals surface area contributed by atoms with Gasteiger partial charge in [0.2, 0.25) is 11.8 Å². The first kappa shape index (κ1) is 16.5. The monoisotopic (exact) mass is 344 g/mol. The largest absolute Gasteiger partial charge is 0.326 e. The zero-order valence-electron chi connectivity index (χ0n) is 13.4. The fourth-order valence-electron chi connectivity index (χ4n) is 2.71. The van der Waals surface area contributed by atoms with Crippen molar-refractivity contribution < 1.29 is 14.0 Å². The van der Waals surface area contributed by atoms with Crippen LogP contribution in [0.15, 0.2) is 42.5 Å². The van der Waals surface area contributed by atoms with E-state index in [9.17, 15) is 14.0 Å². The predicted molar refractivity (Wildman–Crippen MR) is 94.6 cm³/mol. The van der Waals surface area contributed by atoms with Crippen molar-refractivity contribution in [3.05, 3.63) is 59.4 Å². The van der Waals surface area contributed by atoms with Crippen LogP contribution in [-0.2, 0) is 9.59 Å². The molecule has 1 atom stereocenters. The molecule has 1 aliphatic rings. The maximum absolute atomic E-state index is 14.3. The number of carbonyl (C=O) groups is 2. The fourth-order valence-corrected chi connectivity index (χ4v) is 3.87. The van der Waals surface area contributed by atoms with Crippen LogP contribution in [0.25, 0.3) is 0 Å². The average Bonchev–Trinajstić information content (AvgIpc) is 2.91. The van der Waals surface area contributed by atoms with E-state index in [1.54, 1.807) is 18.2 Å². The summed E-state index contributed by atoms with van der Waals surface area (Å²) in [4.78, 5) is 25.1. The number of thioether (sulfide) groups is 1. The number of rotatable bonds is 3. The van der Waals surface area contributed by atoms with Gasteiger partial charge < -0.3 is 5.32 Å². The predicted octanol–water partition coefficient (Wildman–Crippen LogP) is 3.87. The lowest BCUT2D eigenvalue weighted by Gasteiger charge is -2.25. The number of hydrogen-bond acceptors (Lipinski definition) is 3. The van der Waals surface area contributed by atoms with Crippen molar-refractivity contribution in [3.63, 3.8) is 0 Å². The topological polar surface area (TPSA) is 49.4 Å². The van der Waals surface area contributed by atoms with Crippen LogP contribution >= 0.6 is 11.8 Å². The zero-order valence-corrected chi connectivity index (χ0v) is 14.2. The molecule has 1 fully saturated rings. The van der Waals surface area contributed by atoms with Gasteiger partial charge in [0.25, 0.3) is 0 Å². The van der Waals surface area contributed by atoms with Gasteiger partial charge in [-0.25, -0.2) is 4.39 Å². The Morgan fingerprint density at radius 1 is 1.29 bits per heavy atom. The van der Waals surface area contributed by atoms with E-state index in [1.807, 2.05) is 25.1 Å². The van der Waals surface area contributed by atoms with Crippen molar-refractivity contribution in [1.29, 1.82) is 0 Å². The molecule has 124 valence electrons. The lowest BCUT2D eigenvalue weighted by molar-refractivity contribution is -0.116. The highest BCUT2D eigenvalue weighted by Crippen LogP contribution is 2.43. The second kappa shape index (κ2) is 6.65. The quantitative estimate of drug-likeness (QED) is 0.919. The summed E-state index contributed by atoms with van der Waals surface area (Å²) in [5, 5.41) is 2.41. The van der Waals surface area contributed by atoms with Crippen molar-refractivity contribution in [2.45, 2.75) is 19.2 Å². The van der Waals surface area contributed by atoms with Crippen molar-refractivity contribution in [1.82, 2.24) is 0 Å². The lowest BCUT2D eigenvalue weighted by Crippen LogP contribution is -2.28. The first-order chi connectivity index (χ1) is 11.5. The lowest BCUT2D eigenvalue weighted by atomic mass is 10.1. The summed E-state index contributed by atoms with van der Waals surface area (Å²) in [7, 11) is 0. The molecule has 6 heteroatoms. The summed E-state index contributed by atoms with van der Waals surface area (Å²) < 4.78 is 14.3. The van der Waals surface area contributed by atoms with E-state index in [0.717, 1.165) is 11.1 Å². The molecule has 0 unspecified atom stereocenters. The second-order valence-corrected chi connectivity index (χ2v) is 6.76. The van der Waals surface area contributed by atoms with Gasteiger partial charge in [-0.3, -0.25) is 14.5 Å². The smallest absolute Gasteiger partial charge is 0.238 e. The number of anilines is 2. The van der Waals surface area contributed by atoms with E-state index in [1.165, 1.54) is 29.7 Å². The minimum Gasteiger partial charge on any atom is -0.326 e. The maximum Gasteiger partial charge on any atom is 0.238 e. The molecule has 0 aliphatic carbocycles. The van der Waals surface area contributed by atoms with Crippen LogP contribution in [0.4, 0.5) is 15.8 Å². The van der Waals surface area contributed by atoms with Crippen molar-refractivity contribution >= 4 is 35.0 Å². The molecule has 1 saturated heterocycles. The van der Waals surface area contributed by atoms with Gasteiger partial charge in [-0.15, -0.1) is 11.8 Å². The number of amides is 2. The zero-order chi connectivity index (χ0) is 17.3. The maximum atomic E-state index is 14.3. The van der Waals surface area contributed by atoms with E-state index in [4.69, 9.17) is 0 Å². The standard InChI is InChI=1S/C18H17FN2O2S/c1-11-6-7-15(19)16(8-11)21-17(23)10-24-18(21)13-4-3-5-14(9-13)20-12(2)22/h3-9,18H,10H2,1-2H3,(H,20,22)/t18-/m0/s1. The van der Waals surface area contributed by atoms with Gasteiger partial charge >= 0.3 is 0 Å². The molecule has 3 rings (SSSR count). The first-order valence-electron chi connectivity index (χ1n) is 7.53. The Bertz CT molecular complexity index is 809. The minimum atomic E-state index is -0.417. The number of hydrogen-bond donors (Lipinski definition) is 1. The molecule has 1 N–H and O–H groups in total. The van der Waals surface area contributed by atoms with Gasteiger partial charge in [0, 0.05) is 12.6 Å². The van der Waals surface area contributed by atoms with E-state index in [-0.39, 0.29) is 17.2 Å². The Morgan fingerprint density at radius 3 is 2.83 bits per heavy atom. The number of benzene rings is 2. The third-order valence-electron chi connectivity index (χ3n) is 3.72. The van der Waals surface area contributed by atoms with Gasteiger partial charge in [-0.2, -0.15) is 0 Å². The molecule has 0 radical (unpaired) electrons. The number of carbonyl (C=O) groups excluding carboxylic acids is 2. The Morgan fingerprint density at radius 2 is 2.08 bits per heavy atom. The summed E-state index contributed by atoms with van der Waals surface area (Å²) in [5.41, 5.74) is 2.68. The summed E-state index contributed by atoms with van der Waals surface area (Å²) in [5.74, 6) is -0.412. The molecule has 1 aliphatic heterocycles. The molecule has 0 bridgehead atoms. The molecule has 2 aromatic carbocycles. The van der Waals surface area contributed by atoms with Gasteiger partial charge in [-0.1, -0.05) is 18.2 Å². The third kappa shape index (κ3) is 3.28. The average molecular weight is 344 g/mol. The number of aryl methyl sites for hydroxylation is 1.